The molecule has 0 saturated carbocycles. The first-order chi connectivity index (χ1) is 13.2. The Morgan fingerprint density at radius 2 is 1.85 bits per heavy atom. The third kappa shape index (κ3) is 3.83. The fraction of sp³-hybridized carbons (Fsp3) is 0.429. The molecule has 4 rings (SSSR count). The van der Waals surface area contributed by atoms with Crippen molar-refractivity contribution in [3.8, 4) is 11.1 Å². The second-order valence-electron chi connectivity index (χ2n) is 7.14. The third-order valence-electron chi connectivity index (χ3n) is 5.22. The summed E-state index contributed by atoms with van der Waals surface area (Å²) in [6, 6.07) is 10.5. The summed E-state index contributed by atoms with van der Waals surface area (Å²) in [5.41, 5.74) is 2.43. The maximum atomic E-state index is 9.93. The van der Waals surface area contributed by atoms with Crippen molar-refractivity contribution < 1.29 is 5.11 Å². The second kappa shape index (κ2) is 7.92. The summed E-state index contributed by atoms with van der Waals surface area (Å²) >= 11 is 1.69. The first-order valence-electron chi connectivity index (χ1n) is 9.62. The molecule has 1 aliphatic heterocycles. The van der Waals surface area contributed by atoms with Crippen LogP contribution in [-0.4, -0.2) is 58.8 Å². The van der Waals surface area contributed by atoms with Crippen LogP contribution in [0.1, 0.15) is 19.2 Å². The molecule has 0 aliphatic carbocycles. The van der Waals surface area contributed by atoms with Gasteiger partial charge in [0, 0.05) is 43.7 Å². The molecule has 27 heavy (non-hydrogen) atoms. The molecule has 0 spiro atoms. The molecule has 1 unspecified atom stereocenters. The number of aromatic nitrogens is 2. The zero-order chi connectivity index (χ0) is 18.8. The number of β-amino-alcohol motifs (C(OH)–C–C–N with tert-alkyl or cyclic N) is 1. The topological polar surface area (TPSA) is 52.5 Å². The van der Waals surface area contributed by atoms with Gasteiger partial charge in [0.25, 0.3) is 0 Å². The molecule has 3 aromatic rings. The summed E-state index contributed by atoms with van der Waals surface area (Å²) in [5, 5.41) is 13.3. The van der Waals surface area contributed by atoms with E-state index in [-0.39, 0.29) is 6.10 Å². The molecule has 1 saturated heterocycles. The largest absolute Gasteiger partial charge is 0.392 e. The number of aryl methyl sites for hydroxylation is 1. The molecule has 1 aromatic carbocycles. The van der Waals surface area contributed by atoms with E-state index in [1.165, 1.54) is 16.5 Å². The highest BCUT2D eigenvalue weighted by molar-refractivity contribution is 7.17. The van der Waals surface area contributed by atoms with Gasteiger partial charge in [-0.25, -0.2) is 9.97 Å². The van der Waals surface area contributed by atoms with Crippen molar-refractivity contribution in [1.29, 1.82) is 0 Å². The summed E-state index contributed by atoms with van der Waals surface area (Å²) in [4.78, 5) is 15.3. The van der Waals surface area contributed by atoms with Gasteiger partial charge >= 0.3 is 0 Å². The van der Waals surface area contributed by atoms with Crippen molar-refractivity contribution >= 4 is 27.4 Å². The third-order valence-corrected chi connectivity index (χ3v) is 6.10. The van der Waals surface area contributed by atoms with Gasteiger partial charge in [-0.2, -0.15) is 0 Å². The molecule has 1 atom stereocenters. The molecular weight excluding hydrogens is 356 g/mol. The Balaban J connectivity index is 1.65. The minimum atomic E-state index is -0.230. The van der Waals surface area contributed by atoms with E-state index in [1.807, 2.05) is 19.9 Å². The number of hydrogen-bond donors (Lipinski definition) is 1. The summed E-state index contributed by atoms with van der Waals surface area (Å²) in [7, 11) is 0. The number of hydrogen-bond acceptors (Lipinski definition) is 6. The van der Waals surface area contributed by atoms with Gasteiger partial charge in [0.05, 0.1) is 11.5 Å². The lowest BCUT2D eigenvalue weighted by Crippen LogP contribution is -2.48. The van der Waals surface area contributed by atoms with Gasteiger partial charge in [-0.05, 0) is 18.9 Å². The van der Waals surface area contributed by atoms with Crippen LogP contribution in [0.25, 0.3) is 21.3 Å². The van der Waals surface area contributed by atoms with E-state index in [0.29, 0.717) is 0 Å². The summed E-state index contributed by atoms with van der Waals surface area (Å²) in [6.07, 6.45) is 0.576. The van der Waals surface area contributed by atoms with Crippen LogP contribution >= 0.6 is 11.3 Å². The Morgan fingerprint density at radius 3 is 2.56 bits per heavy atom. The highest BCUT2D eigenvalue weighted by Crippen LogP contribution is 2.38. The van der Waals surface area contributed by atoms with Gasteiger partial charge in [0.2, 0.25) is 0 Å². The predicted molar refractivity (Wildman–Crippen MR) is 113 cm³/mol. The minimum absolute atomic E-state index is 0.230. The van der Waals surface area contributed by atoms with Crippen LogP contribution in [0, 0.1) is 6.92 Å². The molecule has 0 bridgehead atoms. The molecule has 6 heteroatoms. The highest BCUT2D eigenvalue weighted by atomic mass is 32.1. The minimum Gasteiger partial charge on any atom is -0.392 e. The number of aliphatic hydroxyl groups excluding tert-OH is 1. The quantitative estimate of drug-likeness (QED) is 0.731. The van der Waals surface area contributed by atoms with Crippen molar-refractivity contribution in [3.63, 3.8) is 0 Å². The lowest BCUT2D eigenvalue weighted by molar-refractivity contribution is 0.106. The van der Waals surface area contributed by atoms with Crippen LogP contribution in [0.5, 0.6) is 0 Å². The van der Waals surface area contributed by atoms with E-state index in [4.69, 9.17) is 4.98 Å². The number of fused-ring (bicyclic) bond motifs is 1. The second-order valence-corrected chi connectivity index (χ2v) is 8.00. The number of anilines is 1. The van der Waals surface area contributed by atoms with Crippen LogP contribution in [0.15, 0.2) is 35.7 Å². The first-order valence-corrected chi connectivity index (χ1v) is 10.5. The smallest absolute Gasteiger partial charge is 0.141 e. The fourth-order valence-electron chi connectivity index (χ4n) is 3.66. The SMILES string of the molecule is CCC(O)CN1CCN(c2nc(C)nc3scc(-c4ccccc4)c23)CC1. The summed E-state index contributed by atoms with van der Waals surface area (Å²) in [6.45, 7) is 8.51. The number of aliphatic hydroxyl groups is 1. The van der Waals surface area contributed by atoms with E-state index in [2.05, 4.69) is 44.4 Å². The van der Waals surface area contributed by atoms with Gasteiger partial charge in [-0.1, -0.05) is 37.3 Å². The molecule has 3 heterocycles. The van der Waals surface area contributed by atoms with Gasteiger partial charge < -0.3 is 10.0 Å². The average Bonchev–Trinajstić information content (AvgIpc) is 3.12. The Bertz CT molecular complexity index is 903. The maximum Gasteiger partial charge on any atom is 0.141 e. The number of nitrogens with zero attached hydrogens (tertiary/aromatic N) is 4. The standard InChI is InChI=1S/C21H26N4OS/c1-3-17(26)13-24-9-11-25(12-10-24)20-19-18(16-7-5-4-6-8-16)14-27-21(19)23-15(2)22-20/h4-8,14,17,26H,3,9-13H2,1-2H3. The van der Waals surface area contributed by atoms with E-state index in [1.54, 1.807) is 11.3 Å². The van der Waals surface area contributed by atoms with E-state index < -0.39 is 0 Å². The average molecular weight is 383 g/mol. The van der Waals surface area contributed by atoms with Crippen LogP contribution in [0.4, 0.5) is 5.82 Å². The summed E-state index contributed by atoms with van der Waals surface area (Å²) in [5.74, 6) is 1.87. The zero-order valence-electron chi connectivity index (χ0n) is 15.9. The lowest BCUT2D eigenvalue weighted by atomic mass is 10.1. The Labute approximate surface area is 164 Å². The molecule has 5 nitrogen and oxygen atoms in total. The van der Waals surface area contributed by atoms with Crippen LogP contribution in [0.3, 0.4) is 0 Å². The molecule has 0 amide bonds. The normalized spacial score (nSPS) is 16.8. The Kier molecular flexibility index (Phi) is 5.38. The number of thiophene rings is 1. The highest BCUT2D eigenvalue weighted by Gasteiger charge is 2.23. The summed E-state index contributed by atoms with van der Waals surface area (Å²) < 4.78 is 0. The van der Waals surface area contributed by atoms with Crippen LogP contribution in [-0.2, 0) is 0 Å². The van der Waals surface area contributed by atoms with Crippen molar-refractivity contribution in [2.24, 2.45) is 0 Å². The Hall–Kier alpha value is -2.02. The van der Waals surface area contributed by atoms with Gasteiger partial charge in [-0.3, -0.25) is 4.90 Å². The number of piperazine rings is 1. The molecular formula is C21H26N4OS. The van der Waals surface area contributed by atoms with Crippen molar-refractivity contribution in [1.82, 2.24) is 14.9 Å². The Morgan fingerprint density at radius 1 is 1.11 bits per heavy atom. The fourth-order valence-corrected chi connectivity index (χ4v) is 4.64. The van der Waals surface area contributed by atoms with E-state index in [0.717, 1.165) is 55.6 Å². The van der Waals surface area contributed by atoms with Crippen LogP contribution < -0.4 is 4.90 Å². The lowest BCUT2D eigenvalue weighted by Gasteiger charge is -2.36. The molecule has 0 radical (unpaired) electrons. The van der Waals surface area contributed by atoms with Gasteiger partial charge in [0.15, 0.2) is 0 Å². The van der Waals surface area contributed by atoms with Crippen molar-refractivity contribution in [2.45, 2.75) is 26.4 Å². The molecule has 2 aromatic heterocycles. The molecule has 1 aliphatic rings. The van der Waals surface area contributed by atoms with E-state index in [9.17, 15) is 5.11 Å². The molecule has 1 N–H and O–H groups in total. The maximum absolute atomic E-state index is 9.93. The molecule has 142 valence electrons. The number of benzene rings is 1. The predicted octanol–water partition coefficient (Wildman–Crippen LogP) is 3.56. The first kappa shape index (κ1) is 18.3. The van der Waals surface area contributed by atoms with E-state index >= 15 is 0 Å². The van der Waals surface area contributed by atoms with Crippen LogP contribution in [0.2, 0.25) is 0 Å². The van der Waals surface area contributed by atoms with Gasteiger partial charge in [-0.15, -0.1) is 11.3 Å². The van der Waals surface area contributed by atoms with Crippen molar-refractivity contribution in [2.75, 3.05) is 37.6 Å². The van der Waals surface area contributed by atoms with Crippen molar-refractivity contribution in [3.05, 3.63) is 41.5 Å². The molecule has 1 fully saturated rings. The monoisotopic (exact) mass is 382 g/mol. The zero-order valence-corrected chi connectivity index (χ0v) is 16.7. The van der Waals surface area contributed by atoms with Gasteiger partial charge in [0.1, 0.15) is 16.5 Å². The number of rotatable bonds is 5.